The zero-order valence-electron chi connectivity index (χ0n) is 11.3. The first-order valence-electron chi connectivity index (χ1n) is 6.03. The summed E-state index contributed by atoms with van der Waals surface area (Å²) in [6.07, 6.45) is 1.47. The monoisotopic (exact) mass is 332 g/mol. The largest absolute Gasteiger partial charge is 0.396 e. The van der Waals surface area contributed by atoms with Crippen molar-refractivity contribution >= 4 is 33.1 Å². The molecular weight excluding hydrogens is 319 g/mol. The molecule has 114 valence electrons. The lowest BCUT2D eigenvalue weighted by Gasteiger charge is -2.14. The molecule has 9 heteroatoms. The van der Waals surface area contributed by atoms with E-state index < -0.39 is 15.8 Å². The third-order valence-corrected chi connectivity index (χ3v) is 4.56. The number of aromatic nitrogens is 2. The number of halogens is 2. The lowest BCUT2D eigenvalue weighted by Crippen LogP contribution is -2.18. The van der Waals surface area contributed by atoms with Crippen molar-refractivity contribution in [1.82, 2.24) is 9.78 Å². The smallest absolute Gasteiger partial charge is 0.264 e. The molecule has 0 unspecified atom stereocenters. The summed E-state index contributed by atoms with van der Waals surface area (Å²) >= 11 is 5.79. The highest BCUT2D eigenvalue weighted by atomic mass is 35.5. The van der Waals surface area contributed by atoms with Crippen LogP contribution in [0, 0.1) is 5.82 Å². The van der Waals surface area contributed by atoms with Crippen LogP contribution in [0.2, 0.25) is 5.02 Å². The maximum Gasteiger partial charge on any atom is 0.264 e. The third-order valence-electron chi connectivity index (χ3n) is 2.74. The average molecular weight is 333 g/mol. The molecule has 0 atom stereocenters. The van der Waals surface area contributed by atoms with Crippen molar-refractivity contribution in [2.45, 2.75) is 24.8 Å². The molecule has 0 bridgehead atoms. The Morgan fingerprint density at radius 3 is 2.71 bits per heavy atom. The Labute approximate surface area is 126 Å². The van der Waals surface area contributed by atoms with Gasteiger partial charge in [0.1, 0.15) is 16.5 Å². The second-order valence-electron chi connectivity index (χ2n) is 4.66. The van der Waals surface area contributed by atoms with Crippen molar-refractivity contribution in [3.05, 3.63) is 35.2 Å². The van der Waals surface area contributed by atoms with E-state index in [0.29, 0.717) is 0 Å². The van der Waals surface area contributed by atoms with Crippen molar-refractivity contribution in [3.63, 3.8) is 0 Å². The quantitative estimate of drug-likeness (QED) is 0.842. The number of nitrogens with two attached hydrogens (primary N) is 1. The summed E-state index contributed by atoms with van der Waals surface area (Å²) in [7, 11) is -4.00. The van der Waals surface area contributed by atoms with Gasteiger partial charge < -0.3 is 5.73 Å². The Balaban J connectivity index is 2.44. The van der Waals surface area contributed by atoms with Crippen LogP contribution in [-0.2, 0) is 10.0 Å². The molecule has 2 aromatic rings. The molecule has 0 saturated carbocycles. The summed E-state index contributed by atoms with van der Waals surface area (Å²) in [5, 5.41) is 3.77. The van der Waals surface area contributed by atoms with Gasteiger partial charge in [-0.3, -0.25) is 4.72 Å². The van der Waals surface area contributed by atoms with Crippen LogP contribution in [0.4, 0.5) is 15.9 Å². The fourth-order valence-corrected chi connectivity index (χ4v) is 3.35. The fourth-order valence-electron chi connectivity index (χ4n) is 1.75. The van der Waals surface area contributed by atoms with Crippen LogP contribution in [0.3, 0.4) is 0 Å². The SMILES string of the molecule is CC(C)n1nccc1NS(=O)(=O)c1cc(N)c(F)cc1Cl. The van der Waals surface area contributed by atoms with Gasteiger partial charge >= 0.3 is 0 Å². The van der Waals surface area contributed by atoms with Crippen LogP contribution < -0.4 is 10.5 Å². The lowest BCUT2D eigenvalue weighted by atomic mass is 10.3. The molecular formula is C12H14ClFN4O2S. The summed E-state index contributed by atoms with van der Waals surface area (Å²) in [6.45, 7) is 3.71. The van der Waals surface area contributed by atoms with Crippen molar-refractivity contribution < 1.29 is 12.8 Å². The normalized spacial score (nSPS) is 11.9. The fraction of sp³-hybridized carbons (Fsp3) is 0.250. The molecule has 0 radical (unpaired) electrons. The second kappa shape index (κ2) is 5.53. The van der Waals surface area contributed by atoms with Crippen LogP contribution >= 0.6 is 11.6 Å². The van der Waals surface area contributed by atoms with Gasteiger partial charge in [-0.1, -0.05) is 11.6 Å². The molecule has 1 aromatic carbocycles. The van der Waals surface area contributed by atoms with E-state index >= 15 is 0 Å². The van der Waals surface area contributed by atoms with Gasteiger partial charge in [-0.2, -0.15) is 5.10 Å². The molecule has 0 spiro atoms. The van der Waals surface area contributed by atoms with Crippen molar-refractivity contribution in [2.24, 2.45) is 0 Å². The summed E-state index contributed by atoms with van der Waals surface area (Å²) in [6, 6.07) is 3.33. The van der Waals surface area contributed by atoms with Crippen LogP contribution in [0.1, 0.15) is 19.9 Å². The molecule has 0 saturated heterocycles. The van der Waals surface area contributed by atoms with E-state index in [1.165, 1.54) is 16.9 Å². The highest BCUT2D eigenvalue weighted by molar-refractivity contribution is 7.92. The Morgan fingerprint density at radius 2 is 2.10 bits per heavy atom. The van der Waals surface area contributed by atoms with Crippen LogP contribution in [-0.4, -0.2) is 18.2 Å². The van der Waals surface area contributed by atoms with E-state index in [1.54, 1.807) is 0 Å². The number of hydrogen-bond acceptors (Lipinski definition) is 4. The topological polar surface area (TPSA) is 90.0 Å². The molecule has 0 aliphatic carbocycles. The molecule has 21 heavy (non-hydrogen) atoms. The standard InChI is InChI=1S/C12H14ClFN4O2S/c1-7(2)18-12(3-4-16-18)17-21(19,20)11-6-10(15)9(14)5-8(11)13/h3-7,17H,15H2,1-2H3. The molecule has 0 amide bonds. The van der Waals surface area contributed by atoms with Crippen molar-refractivity contribution in [2.75, 3.05) is 10.5 Å². The molecule has 0 aliphatic heterocycles. The van der Waals surface area contributed by atoms with E-state index in [4.69, 9.17) is 17.3 Å². The number of hydrogen-bond donors (Lipinski definition) is 2. The van der Waals surface area contributed by atoms with Gasteiger partial charge in [-0.15, -0.1) is 0 Å². The molecule has 1 heterocycles. The van der Waals surface area contributed by atoms with Crippen molar-refractivity contribution in [1.29, 1.82) is 0 Å². The Bertz CT molecular complexity index is 774. The van der Waals surface area contributed by atoms with E-state index in [0.717, 1.165) is 12.1 Å². The number of nitrogens with zero attached hydrogens (tertiary/aromatic N) is 2. The Hall–Kier alpha value is -1.80. The zero-order chi connectivity index (χ0) is 15.8. The summed E-state index contributed by atoms with van der Waals surface area (Å²) < 4.78 is 41.8. The van der Waals surface area contributed by atoms with Gasteiger partial charge in [0.2, 0.25) is 0 Å². The van der Waals surface area contributed by atoms with Gasteiger partial charge in [0.25, 0.3) is 10.0 Å². The maximum absolute atomic E-state index is 13.3. The molecule has 0 fully saturated rings. The summed E-state index contributed by atoms with van der Waals surface area (Å²) in [5.41, 5.74) is 5.10. The molecule has 0 aliphatic rings. The van der Waals surface area contributed by atoms with Gasteiger partial charge in [0.05, 0.1) is 16.9 Å². The van der Waals surface area contributed by atoms with Crippen LogP contribution in [0.15, 0.2) is 29.3 Å². The summed E-state index contributed by atoms with van der Waals surface area (Å²) in [4.78, 5) is -0.292. The maximum atomic E-state index is 13.3. The molecule has 6 nitrogen and oxygen atoms in total. The number of anilines is 2. The third kappa shape index (κ3) is 3.11. The molecule has 3 N–H and O–H groups in total. The highest BCUT2D eigenvalue weighted by Gasteiger charge is 2.22. The number of rotatable bonds is 4. The Morgan fingerprint density at radius 1 is 1.43 bits per heavy atom. The number of nitrogen functional groups attached to an aromatic ring is 1. The second-order valence-corrected chi connectivity index (χ2v) is 6.72. The number of nitrogens with one attached hydrogen (secondary N) is 1. The first-order chi connectivity index (χ1) is 9.72. The van der Waals surface area contributed by atoms with E-state index in [9.17, 15) is 12.8 Å². The highest BCUT2D eigenvalue weighted by Crippen LogP contribution is 2.28. The predicted molar refractivity (Wildman–Crippen MR) is 79.2 cm³/mol. The van der Waals surface area contributed by atoms with E-state index in [-0.39, 0.29) is 27.5 Å². The predicted octanol–water partition coefficient (Wildman–Crippen LogP) is 2.64. The van der Waals surface area contributed by atoms with E-state index in [1.807, 2.05) is 13.8 Å². The Kier molecular flexibility index (Phi) is 4.11. The number of benzene rings is 1. The summed E-state index contributed by atoms with van der Waals surface area (Å²) in [5.74, 6) is -0.491. The number of sulfonamides is 1. The van der Waals surface area contributed by atoms with Crippen molar-refractivity contribution in [3.8, 4) is 0 Å². The molecule has 1 aromatic heterocycles. The lowest BCUT2D eigenvalue weighted by molar-refractivity contribution is 0.539. The first-order valence-corrected chi connectivity index (χ1v) is 7.89. The van der Waals surface area contributed by atoms with Gasteiger partial charge in [0.15, 0.2) is 0 Å². The minimum Gasteiger partial charge on any atom is -0.396 e. The van der Waals surface area contributed by atoms with Crippen LogP contribution in [0.25, 0.3) is 0 Å². The van der Waals surface area contributed by atoms with Gasteiger partial charge in [-0.05, 0) is 26.0 Å². The van der Waals surface area contributed by atoms with Gasteiger partial charge in [-0.25, -0.2) is 17.5 Å². The van der Waals surface area contributed by atoms with Crippen LogP contribution in [0.5, 0.6) is 0 Å². The van der Waals surface area contributed by atoms with E-state index in [2.05, 4.69) is 9.82 Å². The minimum absolute atomic E-state index is 0.0357. The van der Waals surface area contributed by atoms with Gasteiger partial charge in [0, 0.05) is 12.1 Å². The molecule has 2 rings (SSSR count). The minimum atomic E-state index is -4.00. The average Bonchev–Trinajstić information content (AvgIpc) is 2.81. The first kappa shape index (κ1) is 15.6. The zero-order valence-corrected chi connectivity index (χ0v) is 12.9.